The lowest BCUT2D eigenvalue weighted by molar-refractivity contribution is 0.102. The molecule has 0 radical (unpaired) electrons. The maximum Gasteiger partial charge on any atom is 0.256 e. The smallest absolute Gasteiger partial charge is 0.256 e. The highest BCUT2D eigenvalue weighted by Crippen LogP contribution is 2.20. The van der Waals surface area contributed by atoms with Gasteiger partial charge in [0, 0.05) is 15.1 Å². The summed E-state index contributed by atoms with van der Waals surface area (Å²) in [6, 6.07) is 4.89. The zero-order valence-electron chi connectivity index (χ0n) is 9.41. The minimum Gasteiger partial charge on any atom is -0.389 e. The second-order valence-corrected chi connectivity index (χ2v) is 5.43. The van der Waals surface area contributed by atoms with E-state index in [0.717, 1.165) is 0 Å². The average Bonchev–Trinajstić information content (AvgIpc) is 2.75. The molecule has 0 aliphatic heterocycles. The molecule has 1 heterocycles. The summed E-state index contributed by atoms with van der Waals surface area (Å²) in [5, 5.41) is 9.50. The van der Waals surface area contributed by atoms with Gasteiger partial charge in [0.1, 0.15) is 10.8 Å². The predicted octanol–water partition coefficient (Wildman–Crippen LogP) is 2.71. The third-order valence-corrected chi connectivity index (χ3v) is 3.16. The zero-order valence-corrected chi connectivity index (χ0v) is 12.6. The van der Waals surface area contributed by atoms with Gasteiger partial charge in [-0.3, -0.25) is 9.89 Å². The Labute approximate surface area is 127 Å². The standard InChI is InChI=1S/C11H8BrClN4OS/c12-6-1-5(2-7(13)3-6)11(18)16-10-8(9(14)19)4-15-17-10/h1-4H,(H2,14,19)(H2,15,16,17,18). The van der Waals surface area contributed by atoms with E-state index in [2.05, 4.69) is 31.4 Å². The molecular formula is C11H8BrClN4OS. The summed E-state index contributed by atoms with van der Waals surface area (Å²) in [7, 11) is 0. The van der Waals surface area contributed by atoms with Gasteiger partial charge in [0.05, 0.1) is 11.8 Å². The molecule has 8 heteroatoms. The van der Waals surface area contributed by atoms with Crippen LogP contribution in [0.2, 0.25) is 5.02 Å². The van der Waals surface area contributed by atoms with Gasteiger partial charge < -0.3 is 11.1 Å². The van der Waals surface area contributed by atoms with Gasteiger partial charge in [0.25, 0.3) is 5.91 Å². The molecule has 5 nitrogen and oxygen atoms in total. The predicted molar refractivity (Wildman–Crippen MR) is 81.6 cm³/mol. The van der Waals surface area contributed by atoms with Crippen molar-refractivity contribution in [3.8, 4) is 0 Å². The molecule has 1 amide bonds. The Morgan fingerprint density at radius 1 is 1.47 bits per heavy atom. The molecule has 98 valence electrons. The first-order chi connectivity index (χ1) is 8.97. The van der Waals surface area contributed by atoms with Crippen LogP contribution in [0.1, 0.15) is 15.9 Å². The van der Waals surface area contributed by atoms with Gasteiger partial charge in [-0.1, -0.05) is 39.7 Å². The molecule has 2 rings (SSSR count). The van der Waals surface area contributed by atoms with Crippen molar-refractivity contribution in [3.05, 3.63) is 45.0 Å². The van der Waals surface area contributed by atoms with Crippen LogP contribution in [0.3, 0.4) is 0 Å². The number of carbonyl (C=O) groups is 1. The van der Waals surface area contributed by atoms with E-state index in [0.29, 0.717) is 26.4 Å². The van der Waals surface area contributed by atoms with Gasteiger partial charge in [-0.15, -0.1) is 0 Å². The first kappa shape index (κ1) is 14.0. The first-order valence-electron chi connectivity index (χ1n) is 5.08. The molecule has 0 bridgehead atoms. The van der Waals surface area contributed by atoms with E-state index in [9.17, 15) is 4.79 Å². The fourth-order valence-electron chi connectivity index (χ4n) is 1.44. The Hall–Kier alpha value is -1.44. The number of hydrogen-bond donors (Lipinski definition) is 3. The lowest BCUT2D eigenvalue weighted by Crippen LogP contribution is -2.17. The molecule has 0 aliphatic carbocycles. The Kier molecular flexibility index (Phi) is 4.18. The lowest BCUT2D eigenvalue weighted by atomic mass is 10.2. The molecule has 0 saturated carbocycles. The van der Waals surface area contributed by atoms with Crippen molar-refractivity contribution < 1.29 is 4.79 Å². The van der Waals surface area contributed by atoms with E-state index >= 15 is 0 Å². The number of H-pyrrole nitrogens is 1. The minimum absolute atomic E-state index is 0.149. The highest BCUT2D eigenvalue weighted by atomic mass is 79.9. The minimum atomic E-state index is -0.343. The Morgan fingerprint density at radius 3 is 2.84 bits per heavy atom. The van der Waals surface area contributed by atoms with Gasteiger partial charge in [-0.2, -0.15) is 5.10 Å². The highest BCUT2D eigenvalue weighted by Gasteiger charge is 2.13. The Morgan fingerprint density at radius 2 is 2.21 bits per heavy atom. The fraction of sp³-hybridized carbons (Fsp3) is 0. The van der Waals surface area contributed by atoms with Crippen LogP contribution >= 0.6 is 39.7 Å². The van der Waals surface area contributed by atoms with Gasteiger partial charge in [0.2, 0.25) is 0 Å². The second kappa shape index (κ2) is 5.68. The van der Waals surface area contributed by atoms with Crippen molar-refractivity contribution >= 4 is 56.5 Å². The Balaban J connectivity index is 2.25. The van der Waals surface area contributed by atoms with Gasteiger partial charge in [-0.25, -0.2) is 0 Å². The normalized spacial score (nSPS) is 10.2. The van der Waals surface area contributed by atoms with Crippen LogP contribution in [0.4, 0.5) is 5.82 Å². The molecule has 0 fully saturated rings. The summed E-state index contributed by atoms with van der Waals surface area (Å²) in [4.78, 5) is 12.2. The number of thiocarbonyl (C=S) groups is 1. The van der Waals surface area contributed by atoms with Crippen LogP contribution < -0.4 is 11.1 Å². The third-order valence-electron chi connectivity index (χ3n) is 2.27. The summed E-state index contributed by atoms with van der Waals surface area (Å²) < 4.78 is 0.712. The quantitative estimate of drug-likeness (QED) is 0.736. The van der Waals surface area contributed by atoms with Crippen LogP contribution in [-0.4, -0.2) is 21.1 Å². The number of aromatic nitrogens is 2. The molecule has 0 spiro atoms. The molecule has 0 saturated heterocycles. The van der Waals surface area contributed by atoms with E-state index in [1.54, 1.807) is 18.2 Å². The molecule has 19 heavy (non-hydrogen) atoms. The van der Waals surface area contributed by atoms with E-state index in [1.165, 1.54) is 6.20 Å². The van der Waals surface area contributed by atoms with Crippen LogP contribution in [0.15, 0.2) is 28.9 Å². The lowest BCUT2D eigenvalue weighted by Gasteiger charge is -2.06. The number of rotatable bonds is 3. The monoisotopic (exact) mass is 358 g/mol. The second-order valence-electron chi connectivity index (χ2n) is 3.64. The SMILES string of the molecule is NC(=S)c1cn[nH]c1NC(=O)c1cc(Cl)cc(Br)c1. The largest absolute Gasteiger partial charge is 0.389 e. The number of aromatic amines is 1. The van der Waals surface area contributed by atoms with E-state index in [-0.39, 0.29) is 10.9 Å². The molecule has 4 N–H and O–H groups in total. The molecule has 0 unspecified atom stereocenters. The number of nitrogens with one attached hydrogen (secondary N) is 2. The summed E-state index contributed by atoms with van der Waals surface area (Å²) >= 11 is 14.0. The third kappa shape index (κ3) is 3.31. The van der Waals surface area contributed by atoms with Crippen LogP contribution in [0.25, 0.3) is 0 Å². The molecule has 1 aromatic carbocycles. The topological polar surface area (TPSA) is 83.8 Å². The van der Waals surface area contributed by atoms with Crippen LogP contribution in [0, 0.1) is 0 Å². The number of benzene rings is 1. The molecule has 1 aromatic heterocycles. The van der Waals surface area contributed by atoms with E-state index in [4.69, 9.17) is 29.6 Å². The molecule has 0 aliphatic rings. The van der Waals surface area contributed by atoms with Crippen molar-refractivity contribution in [3.63, 3.8) is 0 Å². The maximum absolute atomic E-state index is 12.1. The van der Waals surface area contributed by atoms with E-state index in [1.807, 2.05) is 0 Å². The molecule has 0 atom stereocenters. The van der Waals surface area contributed by atoms with Crippen molar-refractivity contribution in [2.45, 2.75) is 0 Å². The van der Waals surface area contributed by atoms with Gasteiger partial charge >= 0.3 is 0 Å². The number of nitrogens with zero attached hydrogens (tertiary/aromatic N) is 1. The van der Waals surface area contributed by atoms with Crippen molar-refractivity contribution in [1.82, 2.24) is 10.2 Å². The number of anilines is 1. The summed E-state index contributed by atoms with van der Waals surface area (Å²) in [6.07, 6.45) is 1.45. The van der Waals surface area contributed by atoms with Crippen LogP contribution in [-0.2, 0) is 0 Å². The van der Waals surface area contributed by atoms with E-state index < -0.39 is 0 Å². The van der Waals surface area contributed by atoms with Crippen molar-refractivity contribution in [2.75, 3.05) is 5.32 Å². The number of nitrogens with two attached hydrogens (primary N) is 1. The summed E-state index contributed by atoms with van der Waals surface area (Å²) in [6.45, 7) is 0. The van der Waals surface area contributed by atoms with Gasteiger partial charge in [0.15, 0.2) is 0 Å². The number of amides is 1. The average molecular weight is 360 g/mol. The summed E-state index contributed by atoms with van der Waals surface area (Å²) in [5.41, 5.74) is 6.39. The van der Waals surface area contributed by atoms with Crippen molar-refractivity contribution in [1.29, 1.82) is 0 Å². The van der Waals surface area contributed by atoms with Crippen LogP contribution in [0.5, 0.6) is 0 Å². The van der Waals surface area contributed by atoms with Gasteiger partial charge in [-0.05, 0) is 18.2 Å². The first-order valence-corrected chi connectivity index (χ1v) is 6.66. The fourth-order valence-corrected chi connectivity index (χ4v) is 2.45. The number of hydrogen-bond acceptors (Lipinski definition) is 3. The zero-order chi connectivity index (χ0) is 14.0. The Bertz CT molecular complexity index is 638. The molecule has 2 aromatic rings. The highest BCUT2D eigenvalue weighted by molar-refractivity contribution is 9.10. The van der Waals surface area contributed by atoms with Crippen molar-refractivity contribution in [2.24, 2.45) is 5.73 Å². The molecular weight excluding hydrogens is 352 g/mol. The maximum atomic E-state index is 12.1. The number of halogens is 2. The number of carbonyl (C=O) groups excluding carboxylic acids is 1. The summed E-state index contributed by atoms with van der Waals surface area (Å²) in [5.74, 6) is 0.0125.